The number of hydrogen-bond donors (Lipinski definition) is 0. The summed E-state index contributed by atoms with van der Waals surface area (Å²) in [7, 11) is 1.97. The van der Waals surface area contributed by atoms with Gasteiger partial charge in [0.15, 0.2) is 0 Å². The monoisotopic (exact) mass is 408 g/mol. The third-order valence-corrected chi connectivity index (χ3v) is 4.79. The van der Waals surface area contributed by atoms with Crippen molar-refractivity contribution in [2.75, 3.05) is 29.7 Å². The first kappa shape index (κ1) is 19.0. The van der Waals surface area contributed by atoms with Crippen molar-refractivity contribution >= 4 is 63.4 Å². The lowest BCUT2D eigenvalue weighted by Gasteiger charge is -2.23. The number of anilines is 1. The van der Waals surface area contributed by atoms with Crippen molar-refractivity contribution in [3.63, 3.8) is 0 Å². The summed E-state index contributed by atoms with van der Waals surface area (Å²) in [5.74, 6) is 1.07. The van der Waals surface area contributed by atoms with Gasteiger partial charge in [0.25, 0.3) is 0 Å². The van der Waals surface area contributed by atoms with Gasteiger partial charge in [0, 0.05) is 49.4 Å². The van der Waals surface area contributed by atoms with Crippen LogP contribution >= 0.6 is 34.8 Å². The van der Waals surface area contributed by atoms with Gasteiger partial charge < -0.3 is 9.47 Å². The molecule has 0 saturated heterocycles. The Morgan fingerprint density at radius 1 is 1.12 bits per heavy atom. The average Bonchev–Trinajstić information content (AvgIpc) is 3.01. The Hall–Kier alpha value is -1.75. The van der Waals surface area contributed by atoms with Gasteiger partial charge >= 0.3 is 0 Å². The summed E-state index contributed by atoms with van der Waals surface area (Å²) in [6.45, 7) is 1.45. The van der Waals surface area contributed by atoms with Crippen LogP contribution in [0.3, 0.4) is 0 Å². The van der Waals surface area contributed by atoms with Crippen LogP contribution < -0.4 is 4.90 Å². The fraction of sp³-hybridized carbons (Fsp3) is 0.263. The van der Waals surface area contributed by atoms with Crippen LogP contribution in [0.2, 0.25) is 5.02 Å². The molecule has 3 aromatic rings. The molecule has 0 fully saturated rings. The molecule has 0 aliphatic heterocycles. The Morgan fingerprint density at radius 3 is 2.58 bits per heavy atom. The summed E-state index contributed by atoms with van der Waals surface area (Å²) < 4.78 is 1.98. The first-order valence-electron chi connectivity index (χ1n) is 8.24. The Labute approximate surface area is 168 Å². The summed E-state index contributed by atoms with van der Waals surface area (Å²) in [5.41, 5.74) is 4.69. The maximum Gasteiger partial charge on any atom is 0.0955 e. The van der Waals surface area contributed by atoms with E-state index >= 15 is 0 Å². The van der Waals surface area contributed by atoms with Crippen LogP contribution in [0, 0.1) is 0 Å². The molecule has 0 aliphatic carbocycles. The first-order chi connectivity index (χ1) is 12.6. The smallest absolute Gasteiger partial charge is 0.0955 e. The number of aryl methyl sites for hydroxylation is 1. The van der Waals surface area contributed by atoms with E-state index in [1.165, 1.54) is 0 Å². The van der Waals surface area contributed by atoms with Crippen LogP contribution in [-0.2, 0) is 7.05 Å². The standard InChI is InChI=1S/C19H19Cl3N4/c1-25-13-24-18-10-15(3-5-19(18)25)23-12-14-2-4-16(11-17(14)22)26(8-6-20)9-7-21/h2-5,10-13H,6-9H2,1H3. The number of aliphatic imine (C=N–C) groups is 1. The lowest BCUT2D eigenvalue weighted by molar-refractivity contribution is 0.874. The molecule has 2 aromatic carbocycles. The van der Waals surface area contributed by atoms with E-state index in [1.54, 1.807) is 12.5 Å². The Bertz CT molecular complexity index is 914. The lowest BCUT2D eigenvalue weighted by Crippen LogP contribution is -2.27. The van der Waals surface area contributed by atoms with Crippen molar-refractivity contribution in [1.29, 1.82) is 0 Å². The number of imidazole rings is 1. The molecule has 0 spiro atoms. The highest BCUT2D eigenvalue weighted by molar-refractivity contribution is 6.33. The first-order valence-corrected chi connectivity index (χ1v) is 9.68. The molecule has 26 heavy (non-hydrogen) atoms. The van der Waals surface area contributed by atoms with Crippen molar-refractivity contribution in [1.82, 2.24) is 9.55 Å². The molecule has 4 nitrogen and oxygen atoms in total. The normalized spacial score (nSPS) is 11.5. The minimum absolute atomic E-state index is 0.535. The van der Waals surface area contributed by atoms with Crippen molar-refractivity contribution < 1.29 is 0 Å². The second-order valence-corrected chi connectivity index (χ2v) is 7.02. The van der Waals surface area contributed by atoms with Gasteiger partial charge in [-0.15, -0.1) is 23.2 Å². The molecule has 1 heterocycles. The van der Waals surface area contributed by atoms with Gasteiger partial charge in [0.1, 0.15) is 0 Å². The summed E-state index contributed by atoms with van der Waals surface area (Å²) in [6.07, 6.45) is 3.56. The molecule has 0 radical (unpaired) electrons. The van der Waals surface area contributed by atoms with E-state index in [0.717, 1.165) is 41.1 Å². The minimum Gasteiger partial charge on any atom is -0.369 e. The number of rotatable bonds is 7. The van der Waals surface area contributed by atoms with Gasteiger partial charge in [-0.1, -0.05) is 11.6 Å². The Kier molecular flexibility index (Phi) is 6.41. The van der Waals surface area contributed by atoms with Crippen LogP contribution in [0.15, 0.2) is 47.7 Å². The second kappa shape index (κ2) is 8.76. The van der Waals surface area contributed by atoms with Gasteiger partial charge in [-0.05, 0) is 36.4 Å². The van der Waals surface area contributed by atoms with E-state index in [0.29, 0.717) is 16.8 Å². The molecular weight excluding hydrogens is 391 g/mol. The quantitative estimate of drug-likeness (QED) is 0.394. The summed E-state index contributed by atoms with van der Waals surface area (Å²) in [6, 6.07) is 11.8. The highest BCUT2D eigenvalue weighted by atomic mass is 35.5. The Balaban J connectivity index is 1.81. The third kappa shape index (κ3) is 4.32. The predicted octanol–water partition coefficient (Wildman–Crippen LogP) is 5.26. The summed E-state index contributed by atoms with van der Waals surface area (Å²) in [5, 5.41) is 0.638. The number of fused-ring (bicyclic) bond motifs is 1. The van der Waals surface area contributed by atoms with E-state index in [-0.39, 0.29) is 0 Å². The van der Waals surface area contributed by atoms with E-state index < -0.39 is 0 Å². The van der Waals surface area contributed by atoms with Gasteiger partial charge in [-0.25, -0.2) is 4.98 Å². The minimum atomic E-state index is 0.535. The zero-order chi connectivity index (χ0) is 18.5. The molecule has 0 atom stereocenters. The van der Waals surface area contributed by atoms with Gasteiger partial charge in [-0.3, -0.25) is 4.99 Å². The molecule has 136 valence electrons. The number of alkyl halides is 2. The molecule has 0 saturated carbocycles. The molecule has 0 N–H and O–H groups in total. The fourth-order valence-electron chi connectivity index (χ4n) is 2.74. The van der Waals surface area contributed by atoms with Gasteiger partial charge in [0.05, 0.1) is 28.1 Å². The molecule has 0 amide bonds. The third-order valence-electron chi connectivity index (χ3n) is 4.12. The van der Waals surface area contributed by atoms with Crippen molar-refractivity contribution in [3.05, 3.63) is 53.3 Å². The van der Waals surface area contributed by atoms with Crippen molar-refractivity contribution in [2.24, 2.45) is 12.0 Å². The van der Waals surface area contributed by atoms with Crippen LogP contribution in [0.1, 0.15) is 5.56 Å². The number of hydrogen-bond acceptors (Lipinski definition) is 3. The summed E-state index contributed by atoms with van der Waals surface area (Å²) >= 11 is 18.2. The number of nitrogens with zero attached hydrogens (tertiary/aromatic N) is 4. The predicted molar refractivity (Wildman–Crippen MR) is 113 cm³/mol. The highest BCUT2D eigenvalue weighted by Crippen LogP contribution is 2.24. The van der Waals surface area contributed by atoms with Crippen molar-refractivity contribution in [2.45, 2.75) is 0 Å². The topological polar surface area (TPSA) is 33.4 Å². The highest BCUT2D eigenvalue weighted by Gasteiger charge is 2.08. The van der Waals surface area contributed by atoms with E-state index in [1.807, 2.05) is 48.0 Å². The van der Waals surface area contributed by atoms with E-state index in [2.05, 4.69) is 14.9 Å². The number of aromatic nitrogens is 2. The van der Waals surface area contributed by atoms with Crippen LogP contribution in [0.25, 0.3) is 11.0 Å². The summed E-state index contributed by atoms with van der Waals surface area (Å²) in [4.78, 5) is 11.0. The number of benzene rings is 2. The maximum absolute atomic E-state index is 6.44. The molecule has 3 rings (SSSR count). The molecule has 1 aromatic heterocycles. The van der Waals surface area contributed by atoms with Gasteiger partial charge in [-0.2, -0.15) is 0 Å². The SMILES string of the molecule is Cn1cnc2cc(N=Cc3ccc(N(CCCl)CCCl)cc3Cl)ccc21. The maximum atomic E-state index is 6.44. The molecule has 0 bridgehead atoms. The molecule has 0 unspecified atom stereocenters. The van der Waals surface area contributed by atoms with Gasteiger partial charge in [0.2, 0.25) is 0 Å². The average molecular weight is 410 g/mol. The molecule has 0 aliphatic rings. The molecular formula is C19H19Cl3N4. The van der Waals surface area contributed by atoms with Crippen LogP contribution in [0.4, 0.5) is 11.4 Å². The fourth-order valence-corrected chi connectivity index (χ4v) is 3.37. The Morgan fingerprint density at radius 2 is 1.88 bits per heavy atom. The molecule has 7 heteroatoms. The second-order valence-electron chi connectivity index (χ2n) is 5.86. The van der Waals surface area contributed by atoms with E-state index in [4.69, 9.17) is 34.8 Å². The zero-order valence-electron chi connectivity index (χ0n) is 14.4. The van der Waals surface area contributed by atoms with Crippen LogP contribution in [-0.4, -0.2) is 40.6 Å². The van der Waals surface area contributed by atoms with Crippen LogP contribution in [0.5, 0.6) is 0 Å². The zero-order valence-corrected chi connectivity index (χ0v) is 16.6. The lowest BCUT2D eigenvalue weighted by atomic mass is 10.2. The van der Waals surface area contributed by atoms with E-state index in [9.17, 15) is 0 Å². The van der Waals surface area contributed by atoms with Crippen molar-refractivity contribution in [3.8, 4) is 0 Å². The number of halogens is 3. The largest absolute Gasteiger partial charge is 0.369 e.